The minimum atomic E-state index is -0.475. The average molecular weight is 476 g/mol. The normalized spacial score (nSPS) is 19.2. The molecule has 0 aliphatic carbocycles. The number of halogens is 2. The standard InChI is InChI=1S/C24H27Cl2N3O3/c1-32-19-7-5-18(6-8-19)28-13-10-17(11-14-28)27-23(30)22-3-2-12-29(22)24(31)20-15-16(25)4-9-21(20)26/h4-9,15,17,22H,2-3,10-14H2,1H3,(H,27,30). The van der Waals surface area contributed by atoms with Crippen LogP contribution in [0.2, 0.25) is 10.0 Å². The van der Waals surface area contributed by atoms with Crippen molar-refractivity contribution in [2.24, 2.45) is 0 Å². The van der Waals surface area contributed by atoms with Crippen molar-refractivity contribution in [1.82, 2.24) is 10.2 Å². The summed E-state index contributed by atoms with van der Waals surface area (Å²) in [6, 6.07) is 12.5. The first-order valence-electron chi connectivity index (χ1n) is 10.9. The van der Waals surface area contributed by atoms with E-state index in [0.29, 0.717) is 28.6 Å². The molecule has 2 aliphatic heterocycles. The van der Waals surface area contributed by atoms with Crippen molar-refractivity contribution in [2.75, 3.05) is 31.6 Å². The third-order valence-electron chi connectivity index (χ3n) is 6.25. The number of anilines is 1. The number of piperidine rings is 1. The zero-order chi connectivity index (χ0) is 22.7. The number of benzene rings is 2. The molecular formula is C24H27Cl2N3O3. The number of hydrogen-bond donors (Lipinski definition) is 1. The highest BCUT2D eigenvalue weighted by Gasteiger charge is 2.36. The van der Waals surface area contributed by atoms with Crippen molar-refractivity contribution in [3.05, 3.63) is 58.1 Å². The lowest BCUT2D eigenvalue weighted by Gasteiger charge is -2.35. The number of amides is 2. The molecule has 1 atom stereocenters. The molecule has 0 spiro atoms. The highest BCUT2D eigenvalue weighted by molar-refractivity contribution is 6.35. The fourth-order valence-electron chi connectivity index (χ4n) is 4.47. The Morgan fingerprint density at radius 2 is 1.72 bits per heavy atom. The van der Waals surface area contributed by atoms with E-state index in [1.54, 1.807) is 30.2 Å². The van der Waals surface area contributed by atoms with Crippen molar-refractivity contribution in [2.45, 2.75) is 37.8 Å². The summed E-state index contributed by atoms with van der Waals surface area (Å²) in [7, 11) is 1.66. The minimum absolute atomic E-state index is 0.0862. The summed E-state index contributed by atoms with van der Waals surface area (Å²) in [5, 5.41) is 3.96. The van der Waals surface area contributed by atoms with Gasteiger partial charge in [0.15, 0.2) is 0 Å². The predicted molar refractivity (Wildman–Crippen MR) is 127 cm³/mol. The van der Waals surface area contributed by atoms with Gasteiger partial charge in [0.25, 0.3) is 5.91 Å². The van der Waals surface area contributed by atoms with E-state index in [1.165, 1.54) is 0 Å². The number of carbonyl (C=O) groups excluding carboxylic acids is 2. The second-order valence-electron chi connectivity index (χ2n) is 8.25. The Kier molecular flexibility index (Phi) is 7.11. The van der Waals surface area contributed by atoms with Gasteiger partial charge in [-0.05, 0) is 68.1 Å². The summed E-state index contributed by atoms with van der Waals surface area (Å²) in [6.45, 7) is 2.26. The second-order valence-corrected chi connectivity index (χ2v) is 9.09. The predicted octanol–water partition coefficient (Wildman–Crippen LogP) is 4.39. The molecule has 0 radical (unpaired) electrons. The van der Waals surface area contributed by atoms with Crippen molar-refractivity contribution < 1.29 is 14.3 Å². The van der Waals surface area contributed by atoms with Crippen molar-refractivity contribution in [1.29, 1.82) is 0 Å². The summed E-state index contributed by atoms with van der Waals surface area (Å²) in [4.78, 5) is 30.0. The number of ether oxygens (including phenoxy) is 1. The number of methoxy groups -OCH3 is 1. The van der Waals surface area contributed by atoms with E-state index < -0.39 is 6.04 Å². The molecule has 1 unspecified atom stereocenters. The van der Waals surface area contributed by atoms with Gasteiger partial charge in [-0.25, -0.2) is 0 Å². The second kappa shape index (κ2) is 10.0. The largest absolute Gasteiger partial charge is 0.497 e. The number of nitrogens with zero attached hydrogens (tertiary/aromatic N) is 2. The van der Waals surface area contributed by atoms with E-state index in [9.17, 15) is 9.59 Å². The van der Waals surface area contributed by atoms with Crippen LogP contribution < -0.4 is 15.0 Å². The summed E-state index contributed by atoms with van der Waals surface area (Å²) in [6.07, 6.45) is 3.16. The summed E-state index contributed by atoms with van der Waals surface area (Å²) in [5.41, 5.74) is 1.49. The molecule has 170 valence electrons. The Hall–Kier alpha value is -2.44. The van der Waals surface area contributed by atoms with Gasteiger partial charge in [-0.15, -0.1) is 0 Å². The first-order valence-corrected chi connectivity index (χ1v) is 11.7. The van der Waals surface area contributed by atoms with Crippen LogP contribution in [-0.2, 0) is 4.79 Å². The van der Waals surface area contributed by atoms with Crippen LogP contribution in [0.25, 0.3) is 0 Å². The van der Waals surface area contributed by atoms with E-state index in [0.717, 1.165) is 43.8 Å². The van der Waals surface area contributed by atoms with Crippen LogP contribution in [0.4, 0.5) is 5.69 Å². The molecule has 2 amide bonds. The maximum Gasteiger partial charge on any atom is 0.256 e. The van der Waals surface area contributed by atoms with Crippen molar-refractivity contribution in [3.8, 4) is 5.75 Å². The molecule has 8 heteroatoms. The molecule has 0 bridgehead atoms. The van der Waals surface area contributed by atoms with E-state index in [-0.39, 0.29) is 17.9 Å². The van der Waals surface area contributed by atoms with E-state index in [1.807, 2.05) is 12.1 Å². The lowest BCUT2D eigenvalue weighted by atomic mass is 10.0. The molecule has 6 nitrogen and oxygen atoms in total. The Labute approximate surface area is 198 Å². The summed E-state index contributed by atoms with van der Waals surface area (Å²) in [5.74, 6) is 0.506. The van der Waals surface area contributed by atoms with Crippen molar-refractivity contribution in [3.63, 3.8) is 0 Å². The average Bonchev–Trinajstić information content (AvgIpc) is 3.31. The van der Waals surface area contributed by atoms with Gasteiger partial charge in [0.1, 0.15) is 11.8 Å². The Morgan fingerprint density at radius 1 is 1.00 bits per heavy atom. The lowest BCUT2D eigenvalue weighted by Crippen LogP contribution is -2.51. The van der Waals surface area contributed by atoms with Gasteiger partial charge in [-0.1, -0.05) is 23.2 Å². The quantitative estimate of drug-likeness (QED) is 0.696. The topological polar surface area (TPSA) is 61.9 Å². The van der Waals surface area contributed by atoms with E-state index >= 15 is 0 Å². The molecule has 1 N–H and O–H groups in total. The Bertz CT molecular complexity index is 975. The molecule has 0 saturated carbocycles. The Balaban J connectivity index is 1.34. The van der Waals surface area contributed by atoms with Crippen molar-refractivity contribution >= 4 is 40.7 Å². The molecule has 4 rings (SSSR count). The van der Waals surface area contributed by atoms with Gasteiger partial charge < -0.3 is 19.9 Å². The van der Waals surface area contributed by atoms with Gasteiger partial charge in [-0.3, -0.25) is 9.59 Å². The van der Waals surface area contributed by atoms with Crippen LogP contribution >= 0.6 is 23.2 Å². The zero-order valence-corrected chi connectivity index (χ0v) is 19.5. The van der Waals surface area contributed by atoms with E-state index in [2.05, 4.69) is 22.3 Å². The molecular weight excluding hydrogens is 449 g/mol. The molecule has 2 aromatic rings. The minimum Gasteiger partial charge on any atom is -0.497 e. The number of hydrogen-bond acceptors (Lipinski definition) is 4. The summed E-state index contributed by atoms with van der Waals surface area (Å²) < 4.78 is 5.22. The lowest BCUT2D eigenvalue weighted by molar-refractivity contribution is -0.125. The first-order chi connectivity index (χ1) is 15.5. The molecule has 0 aromatic heterocycles. The third kappa shape index (κ3) is 4.97. The molecule has 2 heterocycles. The molecule has 2 saturated heterocycles. The number of likely N-dealkylation sites (tertiary alicyclic amines) is 1. The first kappa shape index (κ1) is 22.7. The van der Waals surface area contributed by atoms with Crippen LogP contribution in [0.5, 0.6) is 5.75 Å². The fourth-order valence-corrected chi connectivity index (χ4v) is 4.84. The van der Waals surface area contributed by atoms with Gasteiger partial charge in [0, 0.05) is 36.4 Å². The third-order valence-corrected chi connectivity index (χ3v) is 6.82. The molecule has 32 heavy (non-hydrogen) atoms. The van der Waals surface area contributed by atoms with Crippen LogP contribution in [-0.4, -0.2) is 55.5 Å². The maximum atomic E-state index is 13.1. The van der Waals surface area contributed by atoms with Crippen LogP contribution in [0.15, 0.2) is 42.5 Å². The highest BCUT2D eigenvalue weighted by Crippen LogP contribution is 2.27. The van der Waals surface area contributed by atoms with Gasteiger partial charge in [-0.2, -0.15) is 0 Å². The number of rotatable bonds is 5. The monoisotopic (exact) mass is 475 g/mol. The smallest absolute Gasteiger partial charge is 0.256 e. The highest BCUT2D eigenvalue weighted by atomic mass is 35.5. The summed E-state index contributed by atoms with van der Waals surface area (Å²) >= 11 is 12.3. The SMILES string of the molecule is COc1ccc(N2CCC(NC(=O)C3CCCN3C(=O)c3cc(Cl)ccc3Cl)CC2)cc1. The van der Waals surface area contributed by atoms with Gasteiger partial charge in [0.2, 0.25) is 5.91 Å². The van der Waals surface area contributed by atoms with Gasteiger partial charge in [0.05, 0.1) is 17.7 Å². The van der Waals surface area contributed by atoms with Crippen LogP contribution in [0.1, 0.15) is 36.0 Å². The van der Waals surface area contributed by atoms with Crippen LogP contribution in [0, 0.1) is 0 Å². The van der Waals surface area contributed by atoms with E-state index in [4.69, 9.17) is 27.9 Å². The zero-order valence-electron chi connectivity index (χ0n) is 18.0. The Morgan fingerprint density at radius 3 is 2.41 bits per heavy atom. The van der Waals surface area contributed by atoms with Crippen LogP contribution in [0.3, 0.4) is 0 Å². The molecule has 2 aromatic carbocycles. The fraction of sp³-hybridized carbons (Fsp3) is 0.417. The number of carbonyl (C=O) groups is 2. The van der Waals surface area contributed by atoms with Gasteiger partial charge >= 0.3 is 0 Å². The maximum absolute atomic E-state index is 13.1. The molecule has 2 fully saturated rings. The number of nitrogens with one attached hydrogen (secondary N) is 1. The molecule has 2 aliphatic rings.